The van der Waals surface area contributed by atoms with E-state index in [1.165, 1.54) is 5.06 Å². The molecule has 1 aliphatic rings. The number of benzene rings is 1. The smallest absolute Gasteiger partial charge is 0.269 e. The summed E-state index contributed by atoms with van der Waals surface area (Å²) in [7, 11) is 0. The van der Waals surface area contributed by atoms with Crippen LogP contribution in [0.15, 0.2) is 30.3 Å². The summed E-state index contributed by atoms with van der Waals surface area (Å²) in [4.78, 5) is 16.7. The van der Waals surface area contributed by atoms with Crippen molar-refractivity contribution in [1.82, 2.24) is 10.4 Å². The Balaban J connectivity index is 0.00000112. The van der Waals surface area contributed by atoms with Gasteiger partial charge in [0.25, 0.3) is 5.91 Å². The number of nitrogens with zero attached hydrogens (tertiary/aromatic N) is 1. The first-order valence-corrected chi connectivity index (χ1v) is 4.60. The normalized spacial score (nSPS) is 15.7. The molecule has 82 valence electrons. The van der Waals surface area contributed by atoms with Crippen molar-refractivity contribution in [3.63, 3.8) is 0 Å². The third-order valence-electron chi connectivity index (χ3n) is 2.00. The quantitative estimate of drug-likeness (QED) is 0.816. The van der Waals surface area contributed by atoms with Gasteiger partial charge in [-0.1, -0.05) is 18.2 Å². The predicted molar refractivity (Wildman–Crippen MR) is 58.9 cm³/mol. The number of hydrogen-bond donors (Lipinski definition) is 1. The monoisotopic (exact) mass is 228 g/mol. The Labute approximate surface area is 94.6 Å². The van der Waals surface area contributed by atoms with Crippen LogP contribution < -0.4 is 10.2 Å². The molecular weight excluding hydrogens is 216 g/mol. The molecule has 0 radical (unpaired) electrons. The second-order valence-electron chi connectivity index (χ2n) is 3.08. The van der Waals surface area contributed by atoms with Crippen molar-refractivity contribution in [1.29, 1.82) is 0 Å². The van der Waals surface area contributed by atoms with E-state index in [2.05, 4.69) is 5.32 Å². The van der Waals surface area contributed by atoms with Crippen LogP contribution in [-0.4, -0.2) is 30.6 Å². The second-order valence-corrected chi connectivity index (χ2v) is 3.08. The minimum atomic E-state index is -0.0277. The van der Waals surface area contributed by atoms with Gasteiger partial charge in [-0.15, -0.1) is 12.4 Å². The average Bonchev–Trinajstić information content (AvgIpc) is 2.23. The van der Waals surface area contributed by atoms with Gasteiger partial charge in [0.2, 0.25) is 0 Å². The number of halogens is 1. The van der Waals surface area contributed by atoms with Gasteiger partial charge in [0.15, 0.2) is 5.75 Å². The van der Waals surface area contributed by atoms with Crippen LogP contribution in [0.25, 0.3) is 0 Å². The Hall–Kier alpha value is -1.26. The second kappa shape index (κ2) is 5.58. The lowest BCUT2D eigenvalue weighted by Gasteiger charge is -2.26. The van der Waals surface area contributed by atoms with Crippen LogP contribution in [0, 0.1) is 0 Å². The molecule has 1 saturated heterocycles. The summed E-state index contributed by atoms with van der Waals surface area (Å²) in [5.41, 5.74) is 0. The summed E-state index contributed by atoms with van der Waals surface area (Å²) >= 11 is 0. The number of carbonyl (C=O) groups is 1. The molecule has 1 aromatic rings. The van der Waals surface area contributed by atoms with Gasteiger partial charge < -0.3 is 10.2 Å². The molecule has 1 fully saturated rings. The van der Waals surface area contributed by atoms with E-state index >= 15 is 0 Å². The highest BCUT2D eigenvalue weighted by Gasteiger charge is 2.18. The van der Waals surface area contributed by atoms with Crippen LogP contribution in [0.1, 0.15) is 0 Å². The maximum Gasteiger partial charge on any atom is 0.269 e. The van der Waals surface area contributed by atoms with E-state index in [4.69, 9.17) is 4.84 Å². The molecule has 4 nitrogen and oxygen atoms in total. The maximum atomic E-state index is 11.3. The highest BCUT2D eigenvalue weighted by Crippen LogP contribution is 2.10. The van der Waals surface area contributed by atoms with Gasteiger partial charge in [0.1, 0.15) is 0 Å². The molecule has 0 saturated carbocycles. The standard InChI is InChI=1S/C10H12N2O2.ClH/c13-10-8-11-6-7-12(10)14-9-4-2-1-3-5-9;/h1-5,11H,6-8H2;1H. The van der Waals surface area contributed by atoms with E-state index in [1.54, 1.807) is 0 Å². The average molecular weight is 229 g/mol. The minimum Gasteiger partial charge on any atom is -0.377 e. The van der Waals surface area contributed by atoms with Crippen molar-refractivity contribution < 1.29 is 9.63 Å². The SMILES string of the molecule is Cl.O=C1CNCCN1Oc1ccccc1. The topological polar surface area (TPSA) is 41.6 Å². The summed E-state index contributed by atoms with van der Waals surface area (Å²) in [6, 6.07) is 9.32. The van der Waals surface area contributed by atoms with Gasteiger partial charge >= 0.3 is 0 Å². The zero-order valence-electron chi connectivity index (χ0n) is 8.18. The van der Waals surface area contributed by atoms with Crippen LogP contribution in [-0.2, 0) is 4.79 Å². The number of hydrogen-bond acceptors (Lipinski definition) is 3. The van der Waals surface area contributed by atoms with Crippen LogP contribution in [0.2, 0.25) is 0 Å². The molecule has 0 unspecified atom stereocenters. The van der Waals surface area contributed by atoms with Crippen molar-refractivity contribution in [3.8, 4) is 5.75 Å². The third-order valence-corrected chi connectivity index (χ3v) is 2.00. The summed E-state index contributed by atoms with van der Waals surface area (Å²) in [6.45, 7) is 1.72. The van der Waals surface area contributed by atoms with Gasteiger partial charge in [0.05, 0.1) is 13.1 Å². The molecule has 0 aliphatic carbocycles. The first-order chi connectivity index (χ1) is 6.86. The van der Waals surface area contributed by atoms with Crippen molar-refractivity contribution in [2.24, 2.45) is 0 Å². The molecule has 0 bridgehead atoms. The maximum absolute atomic E-state index is 11.3. The van der Waals surface area contributed by atoms with Crippen molar-refractivity contribution in [2.45, 2.75) is 0 Å². The third kappa shape index (κ3) is 3.11. The van der Waals surface area contributed by atoms with Gasteiger partial charge in [-0.05, 0) is 12.1 Å². The van der Waals surface area contributed by atoms with E-state index in [0.29, 0.717) is 18.8 Å². The molecule has 1 N–H and O–H groups in total. The van der Waals surface area contributed by atoms with Crippen LogP contribution in [0.4, 0.5) is 0 Å². The molecule has 0 atom stereocenters. The summed E-state index contributed by atoms with van der Waals surface area (Å²) in [6.07, 6.45) is 0. The lowest BCUT2D eigenvalue weighted by Crippen LogP contribution is -2.49. The Morgan fingerprint density at radius 3 is 2.67 bits per heavy atom. The molecule has 1 heterocycles. The Kier molecular flexibility index (Phi) is 4.39. The first kappa shape index (κ1) is 11.8. The number of amides is 1. The predicted octanol–water partition coefficient (Wildman–Crippen LogP) is 0.834. The molecule has 0 spiro atoms. The zero-order chi connectivity index (χ0) is 9.80. The van der Waals surface area contributed by atoms with E-state index < -0.39 is 0 Å². The molecule has 1 aliphatic heterocycles. The van der Waals surface area contributed by atoms with Crippen molar-refractivity contribution >= 4 is 18.3 Å². The molecule has 2 rings (SSSR count). The van der Waals surface area contributed by atoms with Gasteiger partial charge in [-0.25, -0.2) is 0 Å². The van der Waals surface area contributed by atoms with Crippen LogP contribution in [0.5, 0.6) is 5.75 Å². The van der Waals surface area contributed by atoms with Crippen LogP contribution in [0.3, 0.4) is 0 Å². The highest BCUT2D eigenvalue weighted by molar-refractivity contribution is 5.85. The largest absolute Gasteiger partial charge is 0.377 e. The lowest BCUT2D eigenvalue weighted by molar-refractivity contribution is -0.159. The van der Waals surface area contributed by atoms with Crippen molar-refractivity contribution in [3.05, 3.63) is 30.3 Å². The Bertz CT molecular complexity index is 318. The molecule has 5 heteroatoms. The van der Waals surface area contributed by atoms with Gasteiger partial charge in [-0.3, -0.25) is 4.79 Å². The number of rotatable bonds is 2. The molecule has 15 heavy (non-hydrogen) atoms. The fraction of sp³-hybridized carbons (Fsp3) is 0.300. The summed E-state index contributed by atoms with van der Waals surface area (Å²) in [5.74, 6) is 0.669. The molecule has 1 amide bonds. The number of para-hydroxylation sites is 1. The van der Waals surface area contributed by atoms with Crippen molar-refractivity contribution in [2.75, 3.05) is 19.6 Å². The van der Waals surface area contributed by atoms with E-state index in [0.717, 1.165) is 6.54 Å². The Morgan fingerprint density at radius 2 is 2.00 bits per heavy atom. The first-order valence-electron chi connectivity index (χ1n) is 4.60. The number of piperazine rings is 1. The summed E-state index contributed by atoms with van der Waals surface area (Å²) < 4.78 is 0. The van der Waals surface area contributed by atoms with E-state index in [-0.39, 0.29) is 18.3 Å². The minimum absolute atomic E-state index is 0. The van der Waals surface area contributed by atoms with Crippen LogP contribution >= 0.6 is 12.4 Å². The zero-order valence-corrected chi connectivity index (χ0v) is 9.00. The molecule has 1 aromatic carbocycles. The number of carbonyl (C=O) groups excluding carboxylic acids is 1. The fourth-order valence-electron chi connectivity index (χ4n) is 1.29. The summed E-state index contributed by atoms with van der Waals surface area (Å²) in [5, 5.41) is 4.37. The van der Waals surface area contributed by atoms with Gasteiger partial charge in [0, 0.05) is 6.54 Å². The van der Waals surface area contributed by atoms with E-state index in [9.17, 15) is 4.79 Å². The Morgan fingerprint density at radius 1 is 1.27 bits per heavy atom. The number of hydroxylamine groups is 2. The van der Waals surface area contributed by atoms with E-state index in [1.807, 2.05) is 30.3 Å². The lowest BCUT2D eigenvalue weighted by atomic mass is 10.3. The fourth-order valence-corrected chi connectivity index (χ4v) is 1.29. The highest BCUT2D eigenvalue weighted by atomic mass is 35.5. The van der Waals surface area contributed by atoms with Gasteiger partial charge in [-0.2, -0.15) is 5.06 Å². The molecule has 0 aromatic heterocycles. The number of nitrogens with one attached hydrogen (secondary N) is 1. The molecular formula is C10H13ClN2O2.